The van der Waals surface area contributed by atoms with Crippen LogP contribution in [-0.2, 0) is 16.0 Å². The molecule has 0 spiro atoms. The molecule has 0 amide bonds. The maximum Gasteiger partial charge on any atom is 0.341 e. The number of anilines is 3. The molecule has 1 fully saturated rings. The second kappa shape index (κ2) is 10.3. The van der Waals surface area contributed by atoms with Crippen molar-refractivity contribution in [3.63, 3.8) is 0 Å². The number of hydrogen-bond donors (Lipinski definition) is 1. The number of carbonyl (C=O) groups is 1. The van der Waals surface area contributed by atoms with E-state index in [1.807, 2.05) is 11.9 Å². The number of aromatic nitrogens is 6. The van der Waals surface area contributed by atoms with Crippen molar-refractivity contribution in [3.05, 3.63) is 41.3 Å². The van der Waals surface area contributed by atoms with E-state index in [2.05, 4.69) is 30.9 Å². The van der Waals surface area contributed by atoms with Gasteiger partial charge in [0, 0.05) is 49.8 Å². The molecule has 5 rings (SSSR count). The minimum atomic E-state index is -0.437. The molecular weight excluding hydrogens is 482 g/mol. The first-order valence-corrected chi connectivity index (χ1v) is 12.2. The molecule has 4 aromatic rings. The maximum absolute atomic E-state index is 11.9. The zero-order valence-corrected chi connectivity index (χ0v) is 20.7. The Labute approximate surface area is 211 Å². The number of rotatable bonds is 7. The molecule has 0 radical (unpaired) electrons. The molecule has 0 saturated carbocycles. The van der Waals surface area contributed by atoms with Crippen LogP contribution in [0.3, 0.4) is 0 Å². The monoisotopic (exact) mass is 507 g/mol. The van der Waals surface area contributed by atoms with Crippen molar-refractivity contribution < 1.29 is 14.3 Å². The average Bonchev–Trinajstić information content (AvgIpc) is 3.31. The molecule has 0 bridgehead atoms. The Hall–Kier alpha value is -3.97. The largest absolute Gasteiger partial charge is 0.462 e. The SMILES string of the molecule is CCOC(=O)c1cnc(N(C)Cc2cc3nc(-c4cnc(N)nc4)nc(N4CCOCC4)c3s2)nc1. The van der Waals surface area contributed by atoms with Crippen molar-refractivity contribution in [1.82, 2.24) is 29.9 Å². The second-order valence-corrected chi connectivity index (χ2v) is 9.21. The van der Waals surface area contributed by atoms with Crippen molar-refractivity contribution in [1.29, 1.82) is 0 Å². The van der Waals surface area contributed by atoms with Gasteiger partial charge in [-0.2, -0.15) is 0 Å². The quantitative estimate of drug-likeness (QED) is 0.366. The minimum absolute atomic E-state index is 0.201. The molecule has 0 aliphatic carbocycles. The van der Waals surface area contributed by atoms with E-state index in [1.165, 1.54) is 12.4 Å². The van der Waals surface area contributed by atoms with Gasteiger partial charge in [-0.15, -0.1) is 11.3 Å². The molecule has 0 aromatic carbocycles. The summed E-state index contributed by atoms with van der Waals surface area (Å²) in [6.07, 6.45) is 6.21. The third kappa shape index (κ3) is 5.02. The molecule has 1 aliphatic rings. The van der Waals surface area contributed by atoms with Crippen molar-refractivity contribution >= 4 is 45.2 Å². The van der Waals surface area contributed by atoms with Gasteiger partial charge in [-0.05, 0) is 13.0 Å². The van der Waals surface area contributed by atoms with E-state index in [0.29, 0.717) is 49.3 Å². The summed E-state index contributed by atoms with van der Waals surface area (Å²) < 4.78 is 11.5. The van der Waals surface area contributed by atoms with Gasteiger partial charge in [0.25, 0.3) is 0 Å². The Bertz CT molecular complexity index is 1360. The zero-order chi connectivity index (χ0) is 25.1. The lowest BCUT2D eigenvalue weighted by atomic mass is 10.3. The molecule has 36 heavy (non-hydrogen) atoms. The number of nitrogen functional groups attached to an aromatic ring is 1. The van der Waals surface area contributed by atoms with Gasteiger partial charge in [-0.25, -0.2) is 34.7 Å². The number of carbonyl (C=O) groups excluding carboxylic acids is 1. The van der Waals surface area contributed by atoms with Crippen molar-refractivity contribution in [2.24, 2.45) is 0 Å². The van der Waals surface area contributed by atoms with Crippen LogP contribution in [-0.4, -0.2) is 75.8 Å². The van der Waals surface area contributed by atoms with Gasteiger partial charge in [0.2, 0.25) is 11.9 Å². The predicted molar refractivity (Wildman–Crippen MR) is 136 cm³/mol. The predicted octanol–water partition coefficient (Wildman–Crippen LogP) is 2.17. The van der Waals surface area contributed by atoms with E-state index in [0.717, 1.165) is 34.0 Å². The molecule has 4 aromatic heterocycles. The van der Waals surface area contributed by atoms with Crippen LogP contribution >= 0.6 is 11.3 Å². The fourth-order valence-electron chi connectivity index (χ4n) is 3.76. The van der Waals surface area contributed by atoms with Crippen LogP contribution < -0.4 is 15.5 Å². The summed E-state index contributed by atoms with van der Waals surface area (Å²) in [5, 5.41) is 0. The van der Waals surface area contributed by atoms with E-state index in [4.69, 9.17) is 25.2 Å². The Kier molecular flexibility index (Phi) is 6.82. The van der Waals surface area contributed by atoms with Crippen molar-refractivity contribution in [2.75, 3.05) is 55.5 Å². The van der Waals surface area contributed by atoms with Crippen molar-refractivity contribution in [3.8, 4) is 11.4 Å². The molecule has 12 nitrogen and oxygen atoms in total. The number of fused-ring (bicyclic) bond motifs is 1. The van der Waals surface area contributed by atoms with Crippen LogP contribution in [0.25, 0.3) is 21.6 Å². The fraction of sp³-hybridized carbons (Fsp3) is 0.348. The molecule has 5 heterocycles. The highest BCUT2D eigenvalue weighted by Gasteiger charge is 2.21. The third-order valence-electron chi connectivity index (χ3n) is 5.53. The van der Waals surface area contributed by atoms with Crippen molar-refractivity contribution in [2.45, 2.75) is 13.5 Å². The molecule has 1 saturated heterocycles. The first-order valence-electron chi connectivity index (χ1n) is 11.4. The number of thiophene rings is 1. The molecule has 0 unspecified atom stereocenters. The molecule has 1 aliphatic heterocycles. The lowest BCUT2D eigenvalue weighted by Gasteiger charge is -2.28. The maximum atomic E-state index is 11.9. The fourth-order valence-corrected chi connectivity index (χ4v) is 4.92. The number of nitrogens with zero attached hydrogens (tertiary/aromatic N) is 8. The number of ether oxygens (including phenoxy) is 2. The molecule has 2 N–H and O–H groups in total. The van der Waals surface area contributed by atoms with Gasteiger partial charge >= 0.3 is 5.97 Å². The molecule has 186 valence electrons. The summed E-state index contributed by atoms with van der Waals surface area (Å²) in [5.74, 6) is 1.67. The van der Waals surface area contributed by atoms with Crippen LogP contribution in [0.4, 0.5) is 17.7 Å². The summed E-state index contributed by atoms with van der Waals surface area (Å²) in [5.41, 5.74) is 7.51. The summed E-state index contributed by atoms with van der Waals surface area (Å²) in [7, 11) is 1.90. The van der Waals surface area contributed by atoms with Gasteiger partial charge in [0.1, 0.15) is 0 Å². The molecule has 0 atom stereocenters. The minimum Gasteiger partial charge on any atom is -0.462 e. The number of esters is 1. The summed E-state index contributed by atoms with van der Waals surface area (Å²) in [6.45, 7) is 5.40. The van der Waals surface area contributed by atoms with Gasteiger partial charge in [0.05, 0.1) is 47.7 Å². The number of hydrogen-bond acceptors (Lipinski definition) is 13. The van der Waals surface area contributed by atoms with Crippen LogP contribution in [0.1, 0.15) is 22.2 Å². The third-order valence-corrected chi connectivity index (χ3v) is 6.63. The smallest absolute Gasteiger partial charge is 0.341 e. The highest BCUT2D eigenvalue weighted by molar-refractivity contribution is 7.19. The van der Waals surface area contributed by atoms with Gasteiger partial charge in [-0.1, -0.05) is 0 Å². The van der Waals surface area contributed by atoms with Gasteiger partial charge in [-0.3, -0.25) is 0 Å². The molecular formula is C23H25N9O3S. The van der Waals surface area contributed by atoms with Gasteiger partial charge < -0.3 is 25.0 Å². The Balaban J connectivity index is 1.45. The van der Waals surface area contributed by atoms with E-state index < -0.39 is 5.97 Å². The topological polar surface area (TPSA) is 145 Å². The van der Waals surface area contributed by atoms with Crippen LogP contribution in [0.2, 0.25) is 0 Å². The zero-order valence-electron chi connectivity index (χ0n) is 19.9. The van der Waals surface area contributed by atoms with E-state index in [9.17, 15) is 4.79 Å². The first-order chi connectivity index (χ1) is 17.5. The Morgan fingerprint density at radius 3 is 2.56 bits per heavy atom. The number of nitrogens with two attached hydrogens (primary N) is 1. The summed E-state index contributed by atoms with van der Waals surface area (Å²) >= 11 is 1.63. The Morgan fingerprint density at radius 1 is 1.14 bits per heavy atom. The van der Waals surface area contributed by atoms with Crippen LogP contribution in [0, 0.1) is 0 Å². The Morgan fingerprint density at radius 2 is 1.86 bits per heavy atom. The van der Waals surface area contributed by atoms with E-state index >= 15 is 0 Å². The normalized spacial score (nSPS) is 13.7. The molecule has 13 heteroatoms. The lowest BCUT2D eigenvalue weighted by Crippen LogP contribution is -2.36. The first kappa shape index (κ1) is 23.8. The van der Waals surface area contributed by atoms with Gasteiger partial charge in [0.15, 0.2) is 11.6 Å². The summed E-state index contributed by atoms with van der Waals surface area (Å²) in [4.78, 5) is 43.6. The highest BCUT2D eigenvalue weighted by atomic mass is 32.1. The van der Waals surface area contributed by atoms with Crippen LogP contribution in [0.5, 0.6) is 0 Å². The highest BCUT2D eigenvalue weighted by Crippen LogP contribution is 2.35. The lowest BCUT2D eigenvalue weighted by molar-refractivity contribution is 0.0525. The van der Waals surface area contributed by atoms with E-state index in [1.54, 1.807) is 30.7 Å². The second-order valence-electron chi connectivity index (χ2n) is 8.08. The summed E-state index contributed by atoms with van der Waals surface area (Å²) in [6, 6.07) is 2.05. The standard InChI is InChI=1S/C23H25N9O3S/c1-3-35-21(33)15-11-27-23(28-12-15)31(2)13-16-8-17-18(36-16)20(32-4-6-34-7-5-32)30-19(29-17)14-9-25-22(24)26-10-14/h8-12H,3-7,13H2,1-2H3,(H2,24,25,26). The van der Waals surface area contributed by atoms with E-state index in [-0.39, 0.29) is 5.95 Å². The van der Waals surface area contributed by atoms with Crippen LogP contribution in [0.15, 0.2) is 30.9 Å². The number of morpholine rings is 1. The average molecular weight is 508 g/mol.